The van der Waals surface area contributed by atoms with Gasteiger partial charge in [-0.3, -0.25) is 4.79 Å². The van der Waals surface area contributed by atoms with Crippen molar-refractivity contribution >= 4 is 35.0 Å². The lowest BCUT2D eigenvalue weighted by atomic mass is 10.1. The molecule has 1 aliphatic rings. The molecule has 10 heteroatoms. The SMILES string of the molecule is O=C(COC(=O)c1c(-n2cccc2)sc2c1CCSC2)NCC(F)(F)F. The number of hydrogen-bond donors (Lipinski definition) is 1. The Balaban J connectivity index is 1.74. The van der Waals surface area contributed by atoms with Crippen LogP contribution < -0.4 is 5.32 Å². The molecule has 0 fully saturated rings. The van der Waals surface area contributed by atoms with Gasteiger partial charge in [0, 0.05) is 23.0 Å². The lowest BCUT2D eigenvalue weighted by Gasteiger charge is -2.13. The minimum Gasteiger partial charge on any atom is -0.452 e. The van der Waals surface area contributed by atoms with Gasteiger partial charge in [-0.1, -0.05) is 0 Å². The van der Waals surface area contributed by atoms with Gasteiger partial charge in [0.2, 0.25) is 0 Å². The number of nitrogens with zero attached hydrogens (tertiary/aromatic N) is 1. The normalized spacial score (nSPS) is 14.0. The maximum atomic E-state index is 12.6. The van der Waals surface area contributed by atoms with Crippen molar-refractivity contribution in [2.24, 2.45) is 0 Å². The molecule has 0 unspecified atom stereocenters. The van der Waals surface area contributed by atoms with Gasteiger partial charge in [-0.15, -0.1) is 11.3 Å². The smallest absolute Gasteiger partial charge is 0.405 e. The molecule has 1 aliphatic heterocycles. The van der Waals surface area contributed by atoms with Crippen LogP contribution in [0, 0.1) is 0 Å². The first-order valence-electron chi connectivity index (χ1n) is 7.71. The summed E-state index contributed by atoms with van der Waals surface area (Å²) in [4.78, 5) is 25.1. The van der Waals surface area contributed by atoms with Crippen molar-refractivity contribution in [2.45, 2.75) is 18.3 Å². The van der Waals surface area contributed by atoms with Gasteiger partial charge in [0.25, 0.3) is 5.91 Å². The van der Waals surface area contributed by atoms with E-state index in [0.717, 1.165) is 21.9 Å². The Kier molecular flexibility index (Phi) is 5.61. The van der Waals surface area contributed by atoms with E-state index in [1.807, 2.05) is 12.1 Å². The molecule has 140 valence electrons. The van der Waals surface area contributed by atoms with E-state index in [2.05, 4.69) is 0 Å². The summed E-state index contributed by atoms with van der Waals surface area (Å²) < 4.78 is 43.1. The van der Waals surface area contributed by atoms with Crippen LogP contribution in [0.25, 0.3) is 5.00 Å². The molecule has 5 nitrogen and oxygen atoms in total. The fraction of sp³-hybridized carbons (Fsp3) is 0.375. The zero-order chi connectivity index (χ0) is 18.7. The Morgan fingerprint density at radius 2 is 2.00 bits per heavy atom. The van der Waals surface area contributed by atoms with E-state index in [0.29, 0.717) is 17.0 Å². The second-order valence-electron chi connectivity index (χ2n) is 5.54. The van der Waals surface area contributed by atoms with Gasteiger partial charge in [-0.2, -0.15) is 24.9 Å². The molecule has 0 saturated carbocycles. The highest BCUT2D eigenvalue weighted by molar-refractivity contribution is 7.98. The molecule has 0 aromatic carbocycles. The van der Waals surface area contributed by atoms with Gasteiger partial charge in [-0.05, 0) is 29.9 Å². The molecule has 3 rings (SSSR count). The number of carbonyl (C=O) groups is 2. The molecule has 26 heavy (non-hydrogen) atoms. The summed E-state index contributed by atoms with van der Waals surface area (Å²) in [5, 5.41) is 2.38. The number of nitrogens with one attached hydrogen (secondary N) is 1. The van der Waals surface area contributed by atoms with Crippen LogP contribution in [0.4, 0.5) is 13.2 Å². The maximum absolute atomic E-state index is 12.6. The number of esters is 1. The molecular weight excluding hydrogens is 389 g/mol. The van der Waals surface area contributed by atoms with E-state index >= 15 is 0 Å². The Morgan fingerprint density at radius 1 is 1.27 bits per heavy atom. The Morgan fingerprint density at radius 3 is 2.69 bits per heavy atom. The summed E-state index contributed by atoms with van der Waals surface area (Å²) in [5.74, 6) is -0.00690. The van der Waals surface area contributed by atoms with E-state index in [-0.39, 0.29) is 0 Å². The van der Waals surface area contributed by atoms with Crippen molar-refractivity contribution in [1.29, 1.82) is 0 Å². The standard InChI is InChI=1S/C16H15F3N2O3S2/c17-16(18,19)9-20-12(22)7-24-15(23)13-10-3-6-25-8-11(10)26-14(13)21-4-1-2-5-21/h1-2,4-5H,3,6-9H2,(H,20,22). The predicted octanol–water partition coefficient (Wildman–Crippen LogP) is 3.16. The third-order valence-corrected chi connectivity index (χ3v) is 6.08. The number of rotatable bonds is 5. The average Bonchev–Trinajstić information content (AvgIpc) is 3.24. The minimum absolute atomic E-state index is 0.394. The van der Waals surface area contributed by atoms with Crippen LogP contribution >= 0.6 is 23.1 Å². The van der Waals surface area contributed by atoms with Crippen LogP contribution in [0.3, 0.4) is 0 Å². The summed E-state index contributed by atoms with van der Waals surface area (Å²) in [7, 11) is 0. The van der Waals surface area contributed by atoms with Crippen LogP contribution in [0.5, 0.6) is 0 Å². The van der Waals surface area contributed by atoms with E-state index in [4.69, 9.17) is 4.74 Å². The molecule has 0 radical (unpaired) electrons. The topological polar surface area (TPSA) is 60.3 Å². The number of aromatic nitrogens is 1. The number of thiophene rings is 1. The second-order valence-corrected chi connectivity index (χ2v) is 7.73. The first-order chi connectivity index (χ1) is 12.3. The van der Waals surface area contributed by atoms with Gasteiger partial charge in [0.05, 0.1) is 5.56 Å². The highest BCUT2D eigenvalue weighted by atomic mass is 32.2. The molecule has 0 saturated heterocycles. The third-order valence-electron chi connectivity index (χ3n) is 3.67. The van der Waals surface area contributed by atoms with Crippen molar-refractivity contribution in [1.82, 2.24) is 9.88 Å². The quantitative estimate of drug-likeness (QED) is 0.778. The first-order valence-corrected chi connectivity index (χ1v) is 9.68. The number of carbonyl (C=O) groups excluding carboxylic acids is 2. The summed E-state index contributed by atoms with van der Waals surface area (Å²) in [5.41, 5.74) is 1.29. The van der Waals surface area contributed by atoms with Crippen molar-refractivity contribution < 1.29 is 27.5 Å². The van der Waals surface area contributed by atoms with Gasteiger partial charge in [0.1, 0.15) is 11.5 Å². The average molecular weight is 404 g/mol. The monoisotopic (exact) mass is 404 g/mol. The summed E-state index contributed by atoms with van der Waals surface area (Å²) in [6, 6.07) is 3.65. The van der Waals surface area contributed by atoms with Crippen molar-refractivity contribution in [3.63, 3.8) is 0 Å². The number of fused-ring (bicyclic) bond motifs is 1. The number of alkyl halides is 3. The van der Waals surface area contributed by atoms with Crippen LogP contribution in [0.2, 0.25) is 0 Å². The Labute approximate surface area is 155 Å². The number of hydrogen-bond acceptors (Lipinski definition) is 5. The van der Waals surface area contributed by atoms with Gasteiger partial charge < -0.3 is 14.6 Å². The number of ether oxygens (including phenoxy) is 1. The zero-order valence-electron chi connectivity index (χ0n) is 13.5. The molecule has 2 aromatic heterocycles. The summed E-state index contributed by atoms with van der Waals surface area (Å²) in [6.45, 7) is -2.21. The summed E-state index contributed by atoms with van der Waals surface area (Å²) in [6.07, 6.45) is -0.192. The van der Waals surface area contributed by atoms with Gasteiger partial charge in [-0.25, -0.2) is 4.79 Å². The molecule has 1 N–H and O–H groups in total. The lowest BCUT2D eigenvalue weighted by Crippen LogP contribution is -2.36. The largest absolute Gasteiger partial charge is 0.452 e. The van der Waals surface area contributed by atoms with Crippen molar-refractivity contribution in [3.8, 4) is 5.00 Å². The van der Waals surface area contributed by atoms with E-state index in [1.54, 1.807) is 34.0 Å². The van der Waals surface area contributed by atoms with Crippen molar-refractivity contribution in [2.75, 3.05) is 18.9 Å². The fourth-order valence-electron chi connectivity index (χ4n) is 2.53. The number of halogens is 3. The highest BCUT2D eigenvalue weighted by Gasteiger charge is 2.29. The maximum Gasteiger partial charge on any atom is 0.405 e. The molecule has 0 atom stereocenters. The minimum atomic E-state index is -4.51. The summed E-state index contributed by atoms with van der Waals surface area (Å²) >= 11 is 3.26. The van der Waals surface area contributed by atoms with Crippen molar-refractivity contribution in [3.05, 3.63) is 40.5 Å². The Hall–Kier alpha value is -1.94. The van der Waals surface area contributed by atoms with E-state index in [9.17, 15) is 22.8 Å². The molecule has 1 amide bonds. The number of thioether (sulfide) groups is 1. The van der Waals surface area contributed by atoms with Crippen LogP contribution in [-0.4, -0.2) is 41.5 Å². The van der Waals surface area contributed by atoms with Gasteiger partial charge >= 0.3 is 12.1 Å². The highest BCUT2D eigenvalue weighted by Crippen LogP contribution is 2.38. The Bertz CT molecular complexity index is 801. The van der Waals surface area contributed by atoms with Crippen LogP contribution in [0.1, 0.15) is 20.8 Å². The fourth-order valence-corrected chi connectivity index (χ4v) is 4.97. The molecular formula is C16H15F3N2O3S2. The first kappa shape index (κ1) is 18.8. The molecule has 3 heterocycles. The van der Waals surface area contributed by atoms with Crippen LogP contribution in [-0.2, 0) is 21.7 Å². The second kappa shape index (κ2) is 7.75. The lowest BCUT2D eigenvalue weighted by molar-refractivity contribution is -0.140. The van der Waals surface area contributed by atoms with E-state index in [1.165, 1.54) is 11.3 Å². The number of amides is 1. The zero-order valence-corrected chi connectivity index (χ0v) is 15.1. The third kappa shape index (κ3) is 4.42. The molecule has 2 aromatic rings. The van der Waals surface area contributed by atoms with E-state index < -0.39 is 31.2 Å². The predicted molar refractivity (Wildman–Crippen MR) is 92.9 cm³/mol. The van der Waals surface area contributed by atoms with Crippen LogP contribution in [0.15, 0.2) is 24.5 Å². The molecule has 0 spiro atoms. The molecule has 0 aliphatic carbocycles. The molecule has 0 bridgehead atoms. The van der Waals surface area contributed by atoms with Gasteiger partial charge in [0.15, 0.2) is 6.61 Å².